The highest BCUT2D eigenvalue weighted by Gasteiger charge is 2.03. The number of allylic oxidation sites excluding steroid dienone is 1. The molecular weight excluding hydrogens is 228 g/mol. The zero-order valence-corrected chi connectivity index (χ0v) is 8.82. The maximum Gasteiger partial charge on any atom is 0.127 e. The van der Waals surface area contributed by atoms with Crippen LogP contribution in [0.25, 0.3) is 0 Å². The average molecular weight is 237 g/mol. The standard InChI is InChI=1S/C10H9BrN2/c1-13(10(7-11)8-12)9-5-3-2-4-6-9/h2-7H,1H3. The first-order valence-electron chi connectivity index (χ1n) is 3.79. The van der Waals surface area contributed by atoms with Crippen molar-refractivity contribution in [3.63, 3.8) is 0 Å². The van der Waals surface area contributed by atoms with Gasteiger partial charge in [0.2, 0.25) is 0 Å². The number of hydrogen-bond acceptors (Lipinski definition) is 2. The van der Waals surface area contributed by atoms with Crippen LogP contribution in [0.1, 0.15) is 0 Å². The van der Waals surface area contributed by atoms with Gasteiger partial charge in [0.25, 0.3) is 0 Å². The Morgan fingerprint density at radius 2 is 2.08 bits per heavy atom. The average Bonchev–Trinajstić information content (AvgIpc) is 2.21. The van der Waals surface area contributed by atoms with E-state index in [-0.39, 0.29) is 0 Å². The minimum atomic E-state index is 0.575. The van der Waals surface area contributed by atoms with Crippen LogP contribution in [-0.2, 0) is 0 Å². The molecule has 13 heavy (non-hydrogen) atoms. The van der Waals surface area contributed by atoms with Gasteiger partial charge in [-0.25, -0.2) is 0 Å². The molecule has 0 atom stereocenters. The van der Waals surface area contributed by atoms with Crippen molar-refractivity contribution in [2.75, 3.05) is 11.9 Å². The maximum atomic E-state index is 8.77. The van der Waals surface area contributed by atoms with Crippen molar-refractivity contribution in [1.29, 1.82) is 5.26 Å². The predicted molar refractivity (Wildman–Crippen MR) is 57.5 cm³/mol. The van der Waals surface area contributed by atoms with Crippen LogP contribution in [0.5, 0.6) is 0 Å². The van der Waals surface area contributed by atoms with Crippen molar-refractivity contribution in [3.8, 4) is 6.07 Å². The van der Waals surface area contributed by atoms with Gasteiger partial charge >= 0.3 is 0 Å². The number of nitriles is 1. The van der Waals surface area contributed by atoms with Gasteiger partial charge in [-0.2, -0.15) is 5.26 Å². The highest BCUT2D eigenvalue weighted by atomic mass is 79.9. The summed E-state index contributed by atoms with van der Waals surface area (Å²) in [6, 6.07) is 11.8. The molecule has 3 heteroatoms. The molecule has 0 aliphatic heterocycles. The van der Waals surface area contributed by atoms with Crippen LogP contribution in [0, 0.1) is 11.3 Å². The Kier molecular flexibility index (Phi) is 3.53. The van der Waals surface area contributed by atoms with Gasteiger partial charge in [0.05, 0.1) is 0 Å². The molecule has 2 nitrogen and oxygen atoms in total. The predicted octanol–water partition coefficient (Wildman–Crippen LogP) is 2.88. The largest absolute Gasteiger partial charge is 0.336 e. The van der Waals surface area contributed by atoms with Crippen molar-refractivity contribution in [3.05, 3.63) is 41.0 Å². The molecule has 0 heterocycles. The van der Waals surface area contributed by atoms with Gasteiger partial charge in [-0.3, -0.25) is 0 Å². The van der Waals surface area contributed by atoms with E-state index in [1.807, 2.05) is 42.3 Å². The summed E-state index contributed by atoms with van der Waals surface area (Å²) >= 11 is 3.15. The van der Waals surface area contributed by atoms with E-state index in [4.69, 9.17) is 5.26 Å². The second-order valence-electron chi connectivity index (χ2n) is 2.50. The number of anilines is 1. The number of halogens is 1. The van der Waals surface area contributed by atoms with Crippen molar-refractivity contribution in [1.82, 2.24) is 0 Å². The molecule has 0 aliphatic carbocycles. The summed E-state index contributed by atoms with van der Waals surface area (Å²) < 4.78 is 0. The molecule has 0 fully saturated rings. The second-order valence-corrected chi connectivity index (χ2v) is 2.96. The van der Waals surface area contributed by atoms with E-state index in [9.17, 15) is 0 Å². The molecule has 1 aromatic rings. The molecule has 0 bridgehead atoms. The van der Waals surface area contributed by atoms with Gasteiger partial charge in [-0.15, -0.1) is 0 Å². The third-order valence-electron chi connectivity index (χ3n) is 1.72. The fraction of sp³-hybridized carbons (Fsp3) is 0.100. The molecular formula is C10H9BrN2. The van der Waals surface area contributed by atoms with Crippen LogP contribution < -0.4 is 4.90 Å². The molecule has 1 rings (SSSR count). The third kappa shape index (κ3) is 2.33. The van der Waals surface area contributed by atoms with Crippen molar-refractivity contribution in [2.45, 2.75) is 0 Å². The molecule has 66 valence electrons. The Morgan fingerprint density at radius 1 is 1.46 bits per heavy atom. The smallest absolute Gasteiger partial charge is 0.127 e. The van der Waals surface area contributed by atoms with E-state index in [1.165, 1.54) is 0 Å². The summed E-state index contributed by atoms with van der Waals surface area (Å²) in [6.45, 7) is 0. The highest BCUT2D eigenvalue weighted by Crippen LogP contribution is 2.16. The van der Waals surface area contributed by atoms with Crippen LogP contribution in [0.4, 0.5) is 5.69 Å². The molecule has 0 amide bonds. The lowest BCUT2D eigenvalue weighted by molar-refractivity contribution is 1.15. The molecule has 0 radical (unpaired) electrons. The molecule has 1 aromatic carbocycles. The van der Waals surface area contributed by atoms with Crippen LogP contribution in [0.15, 0.2) is 41.0 Å². The first-order chi connectivity index (χ1) is 6.29. The van der Waals surface area contributed by atoms with Crippen molar-refractivity contribution < 1.29 is 0 Å². The lowest BCUT2D eigenvalue weighted by Crippen LogP contribution is -2.14. The zero-order chi connectivity index (χ0) is 9.68. The Morgan fingerprint density at radius 3 is 2.54 bits per heavy atom. The Balaban J connectivity index is 2.93. The minimum Gasteiger partial charge on any atom is -0.336 e. The maximum absolute atomic E-state index is 8.77. The van der Waals surface area contributed by atoms with E-state index in [2.05, 4.69) is 22.0 Å². The summed E-state index contributed by atoms with van der Waals surface area (Å²) in [6.07, 6.45) is 0. The monoisotopic (exact) mass is 236 g/mol. The molecule has 0 aliphatic rings. The first-order valence-corrected chi connectivity index (χ1v) is 4.70. The molecule has 0 saturated heterocycles. The number of hydrogen-bond donors (Lipinski definition) is 0. The van der Waals surface area contributed by atoms with Gasteiger partial charge in [0.1, 0.15) is 11.8 Å². The van der Waals surface area contributed by atoms with Crippen LogP contribution in [0.3, 0.4) is 0 Å². The molecule has 0 spiro atoms. The van der Waals surface area contributed by atoms with Crippen molar-refractivity contribution in [2.24, 2.45) is 0 Å². The van der Waals surface area contributed by atoms with Gasteiger partial charge < -0.3 is 4.90 Å². The van der Waals surface area contributed by atoms with E-state index >= 15 is 0 Å². The lowest BCUT2D eigenvalue weighted by atomic mass is 10.3. The Hall–Kier alpha value is -1.27. The summed E-state index contributed by atoms with van der Waals surface area (Å²) in [4.78, 5) is 3.43. The minimum absolute atomic E-state index is 0.575. The van der Waals surface area contributed by atoms with Gasteiger partial charge in [0, 0.05) is 17.7 Å². The highest BCUT2D eigenvalue weighted by molar-refractivity contribution is 9.11. The van der Waals surface area contributed by atoms with Gasteiger partial charge in [0.15, 0.2) is 0 Å². The Bertz CT molecular complexity index is 338. The third-order valence-corrected chi connectivity index (χ3v) is 2.16. The van der Waals surface area contributed by atoms with Crippen LogP contribution in [-0.4, -0.2) is 7.05 Å². The quantitative estimate of drug-likeness (QED) is 0.739. The Labute approximate surface area is 86.2 Å². The number of para-hydroxylation sites is 1. The summed E-state index contributed by atoms with van der Waals surface area (Å²) in [5.74, 6) is 0. The number of benzene rings is 1. The van der Waals surface area contributed by atoms with E-state index < -0.39 is 0 Å². The summed E-state index contributed by atoms with van der Waals surface area (Å²) in [5, 5.41) is 8.77. The van der Waals surface area contributed by atoms with E-state index in [0.29, 0.717) is 5.70 Å². The van der Waals surface area contributed by atoms with E-state index in [1.54, 1.807) is 4.99 Å². The first kappa shape index (κ1) is 9.82. The normalized spacial score (nSPS) is 10.7. The SMILES string of the molecule is CN(C(C#N)=CBr)c1ccccc1. The fourth-order valence-electron chi connectivity index (χ4n) is 0.963. The second kappa shape index (κ2) is 4.68. The van der Waals surface area contributed by atoms with Crippen molar-refractivity contribution >= 4 is 21.6 Å². The molecule has 0 saturated carbocycles. The van der Waals surface area contributed by atoms with Gasteiger partial charge in [-0.1, -0.05) is 34.1 Å². The zero-order valence-electron chi connectivity index (χ0n) is 7.24. The summed E-state index contributed by atoms with van der Waals surface area (Å²) in [7, 11) is 1.85. The van der Waals surface area contributed by atoms with E-state index in [0.717, 1.165) is 5.69 Å². The topological polar surface area (TPSA) is 27.0 Å². The molecule has 0 aromatic heterocycles. The number of nitrogens with zero attached hydrogens (tertiary/aromatic N) is 2. The summed E-state index contributed by atoms with van der Waals surface area (Å²) in [5.41, 5.74) is 1.57. The molecule has 0 N–H and O–H groups in total. The fourth-order valence-corrected chi connectivity index (χ4v) is 1.37. The number of rotatable bonds is 2. The van der Waals surface area contributed by atoms with Crippen LogP contribution in [0.2, 0.25) is 0 Å². The van der Waals surface area contributed by atoms with Crippen LogP contribution >= 0.6 is 15.9 Å². The molecule has 0 unspecified atom stereocenters. The van der Waals surface area contributed by atoms with Gasteiger partial charge in [-0.05, 0) is 12.1 Å². The lowest BCUT2D eigenvalue weighted by Gasteiger charge is -2.16.